The number of aliphatic carboxylic acids is 1. The van der Waals surface area contributed by atoms with Gasteiger partial charge >= 0.3 is 5.97 Å². The van der Waals surface area contributed by atoms with Crippen LogP contribution in [0.2, 0.25) is 0 Å². The van der Waals surface area contributed by atoms with Crippen molar-refractivity contribution in [3.63, 3.8) is 0 Å². The number of H-pyrrole nitrogens is 1. The van der Waals surface area contributed by atoms with Crippen molar-refractivity contribution in [2.75, 3.05) is 0 Å². The molecule has 0 aliphatic carbocycles. The third-order valence-electron chi connectivity index (χ3n) is 5.57. The average Bonchev–Trinajstić information content (AvgIpc) is 3.13. The quantitative estimate of drug-likeness (QED) is 0.372. The van der Waals surface area contributed by atoms with Gasteiger partial charge in [0.15, 0.2) is 0 Å². The minimum atomic E-state index is -1.13. The van der Waals surface area contributed by atoms with Crippen LogP contribution in [0, 0.1) is 11.8 Å². The largest absolute Gasteiger partial charge is 0.480 e. The SMILES string of the molecule is CCC(C)C(NC(=O)C(N)CC(C)C)C(=O)NC(Cc1c[nH]c2ccccc12)C(=O)O. The Bertz CT molecular complexity index is 908. The van der Waals surface area contributed by atoms with Crippen LogP contribution >= 0.6 is 0 Å². The molecule has 1 heterocycles. The number of rotatable bonds is 11. The molecule has 8 heteroatoms. The van der Waals surface area contributed by atoms with Gasteiger partial charge in [0.2, 0.25) is 11.8 Å². The van der Waals surface area contributed by atoms with Crippen molar-refractivity contribution in [3.05, 3.63) is 36.0 Å². The van der Waals surface area contributed by atoms with Gasteiger partial charge in [0.1, 0.15) is 12.1 Å². The summed E-state index contributed by atoms with van der Waals surface area (Å²) in [5, 5.41) is 16.0. The van der Waals surface area contributed by atoms with E-state index in [1.807, 2.05) is 52.0 Å². The number of carboxylic acid groups (broad SMARTS) is 1. The van der Waals surface area contributed by atoms with Crippen molar-refractivity contribution < 1.29 is 19.5 Å². The van der Waals surface area contributed by atoms with E-state index < -0.39 is 35.9 Å². The van der Waals surface area contributed by atoms with E-state index in [1.165, 1.54) is 0 Å². The molecule has 1 aromatic carbocycles. The van der Waals surface area contributed by atoms with Crippen LogP contribution in [0.15, 0.2) is 30.5 Å². The van der Waals surface area contributed by atoms with E-state index in [-0.39, 0.29) is 18.3 Å². The lowest BCUT2D eigenvalue weighted by atomic mass is 9.96. The fourth-order valence-electron chi connectivity index (χ4n) is 3.56. The summed E-state index contributed by atoms with van der Waals surface area (Å²) in [5.74, 6) is -2.00. The molecule has 2 rings (SSSR count). The maximum absolute atomic E-state index is 13.0. The lowest BCUT2D eigenvalue weighted by Gasteiger charge is -2.27. The molecular formula is C23H34N4O4. The molecule has 0 bridgehead atoms. The predicted octanol–water partition coefficient (Wildman–Crippen LogP) is 2.18. The second kappa shape index (κ2) is 10.9. The van der Waals surface area contributed by atoms with Crippen LogP contribution in [0.4, 0.5) is 0 Å². The summed E-state index contributed by atoms with van der Waals surface area (Å²) in [6.45, 7) is 7.68. The highest BCUT2D eigenvalue weighted by molar-refractivity contribution is 5.92. The number of carbonyl (C=O) groups excluding carboxylic acids is 2. The van der Waals surface area contributed by atoms with Gasteiger partial charge in [0.25, 0.3) is 0 Å². The fourth-order valence-corrected chi connectivity index (χ4v) is 3.56. The van der Waals surface area contributed by atoms with E-state index in [1.54, 1.807) is 6.20 Å². The molecule has 1 aromatic heterocycles. The van der Waals surface area contributed by atoms with Crippen molar-refractivity contribution in [2.24, 2.45) is 17.6 Å². The van der Waals surface area contributed by atoms with Crippen LogP contribution in [0.1, 0.15) is 46.1 Å². The molecule has 0 spiro atoms. The Morgan fingerprint density at radius 2 is 1.77 bits per heavy atom. The number of hydrogen-bond acceptors (Lipinski definition) is 4. The topological polar surface area (TPSA) is 137 Å². The minimum absolute atomic E-state index is 0.124. The summed E-state index contributed by atoms with van der Waals surface area (Å²) >= 11 is 0. The average molecular weight is 431 g/mol. The number of benzene rings is 1. The summed E-state index contributed by atoms with van der Waals surface area (Å²) in [7, 11) is 0. The third-order valence-corrected chi connectivity index (χ3v) is 5.57. The van der Waals surface area contributed by atoms with E-state index in [9.17, 15) is 19.5 Å². The molecule has 8 nitrogen and oxygen atoms in total. The molecule has 2 aromatic rings. The van der Waals surface area contributed by atoms with Gasteiger partial charge in [-0.05, 0) is 29.9 Å². The molecule has 4 atom stereocenters. The standard InChI is InChI=1S/C23H34N4O4/c1-5-14(4)20(27-21(28)17(24)10-13(2)3)22(29)26-19(23(30)31)11-15-12-25-18-9-7-6-8-16(15)18/h6-9,12-14,17,19-20,25H,5,10-11,24H2,1-4H3,(H,26,29)(H,27,28)(H,30,31). The predicted molar refractivity (Wildman–Crippen MR) is 120 cm³/mol. The fraction of sp³-hybridized carbons (Fsp3) is 0.522. The molecule has 0 saturated carbocycles. The van der Waals surface area contributed by atoms with Gasteiger partial charge in [0.05, 0.1) is 6.04 Å². The number of para-hydroxylation sites is 1. The molecule has 0 fully saturated rings. The van der Waals surface area contributed by atoms with Crippen molar-refractivity contribution in [1.82, 2.24) is 15.6 Å². The Hall–Kier alpha value is -2.87. The number of nitrogens with two attached hydrogens (primary N) is 1. The Morgan fingerprint density at radius 1 is 1.10 bits per heavy atom. The number of aromatic nitrogens is 1. The Labute approximate surface area is 183 Å². The minimum Gasteiger partial charge on any atom is -0.480 e. The number of aromatic amines is 1. The normalized spacial score (nSPS) is 15.3. The maximum Gasteiger partial charge on any atom is 0.326 e. The van der Waals surface area contributed by atoms with Crippen LogP contribution in [-0.4, -0.2) is 46.0 Å². The van der Waals surface area contributed by atoms with Crippen molar-refractivity contribution in [1.29, 1.82) is 0 Å². The van der Waals surface area contributed by atoms with Crippen molar-refractivity contribution >= 4 is 28.7 Å². The summed E-state index contributed by atoms with van der Waals surface area (Å²) in [6.07, 6.45) is 3.02. The summed E-state index contributed by atoms with van der Waals surface area (Å²) in [5.41, 5.74) is 7.66. The molecule has 0 saturated heterocycles. The van der Waals surface area contributed by atoms with Gasteiger partial charge in [-0.25, -0.2) is 4.79 Å². The zero-order chi connectivity index (χ0) is 23.1. The van der Waals surface area contributed by atoms with E-state index in [4.69, 9.17) is 5.73 Å². The molecule has 0 aliphatic rings. The van der Waals surface area contributed by atoms with Gasteiger partial charge < -0.3 is 26.5 Å². The zero-order valence-electron chi connectivity index (χ0n) is 18.6. The van der Waals surface area contributed by atoms with Crippen LogP contribution in [0.25, 0.3) is 10.9 Å². The van der Waals surface area contributed by atoms with Gasteiger partial charge in [-0.2, -0.15) is 0 Å². The van der Waals surface area contributed by atoms with E-state index in [0.717, 1.165) is 16.5 Å². The number of carboxylic acids is 1. The zero-order valence-corrected chi connectivity index (χ0v) is 18.6. The number of carbonyl (C=O) groups is 3. The molecule has 170 valence electrons. The van der Waals surface area contributed by atoms with E-state index in [0.29, 0.717) is 12.8 Å². The van der Waals surface area contributed by atoms with Gasteiger partial charge in [0, 0.05) is 23.5 Å². The van der Waals surface area contributed by atoms with E-state index in [2.05, 4.69) is 15.6 Å². The van der Waals surface area contributed by atoms with E-state index >= 15 is 0 Å². The lowest BCUT2D eigenvalue weighted by Crippen LogP contribution is -2.57. The van der Waals surface area contributed by atoms with Gasteiger partial charge in [-0.15, -0.1) is 0 Å². The van der Waals surface area contributed by atoms with Crippen LogP contribution in [0.5, 0.6) is 0 Å². The molecular weight excluding hydrogens is 396 g/mol. The third kappa shape index (κ3) is 6.55. The van der Waals surface area contributed by atoms with Crippen molar-refractivity contribution in [2.45, 2.75) is 65.1 Å². The highest BCUT2D eigenvalue weighted by Gasteiger charge is 2.31. The highest BCUT2D eigenvalue weighted by atomic mass is 16.4. The molecule has 0 radical (unpaired) electrons. The van der Waals surface area contributed by atoms with Crippen molar-refractivity contribution in [3.8, 4) is 0 Å². The van der Waals surface area contributed by atoms with Gasteiger partial charge in [-0.3, -0.25) is 9.59 Å². The monoisotopic (exact) mass is 430 g/mol. The number of hydrogen-bond donors (Lipinski definition) is 5. The molecule has 31 heavy (non-hydrogen) atoms. The number of amides is 2. The lowest BCUT2D eigenvalue weighted by molar-refractivity contribution is -0.142. The van der Waals surface area contributed by atoms with Crippen LogP contribution < -0.4 is 16.4 Å². The second-order valence-corrected chi connectivity index (χ2v) is 8.57. The smallest absolute Gasteiger partial charge is 0.326 e. The molecule has 6 N–H and O–H groups in total. The molecule has 4 unspecified atom stereocenters. The number of fused-ring (bicyclic) bond motifs is 1. The maximum atomic E-state index is 13.0. The number of nitrogens with one attached hydrogen (secondary N) is 3. The Kier molecular flexibility index (Phi) is 8.62. The van der Waals surface area contributed by atoms with Gasteiger partial charge in [-0.1, -0.05) is 52.3 Å². The Morgan fingerprint density at radius 3 is 2.39 bits per heavy atom. The first-order chi connectivity index (χ1) is 14.6. The molecule has 2 amide bonds. The summed E-state index contributed by atoms with van der Waals surface area (Å²) in [6, 6.07) is 4.87. The first-order valence-corrected chi connectivity index (χ1v) is 10.8. The summed E-state index contributed by atoms with van der Waals surface area (Å²) in [4.78, 5) is 40.5. The highest BCUT2D eigenvalue weighted by Crippen LogP contribution is 2.19. The Balaban J connectivity index is 2.14. The molecule has 0 aliphatic heterocycles. The second-order valence-electron chi connectivity index (χ2n) is 8.57. The van der Waals surface area contributed by atoms with Crippen LogP contribution in [-0.2, 0) is 20.8 Å². The first-order valence-electron chi connectivity index (χ1n) is 10.8. The van der Waals surface area contributed by atoms with Crippen LogP contribution in [0.3, 0.4) is 0 Å². The first kappa shape index (κ1) is 24.4. The summed E-state index contributed by atoms with van der Waals surface area (Å²) < 4.78 is 0.